The van der Waals surface area contributed by atoms with Crippen molar-refractivity contribution < 1.29 is 14.3 Å². The molecule has 1 N–H and O–H groups in total. The third-order valence-corrected chi connectivity index (χ3v) is 4.55. The summed E-state index contributed by atoms with van der Waals surface area (Å²) in [5, 5.41) is 14.4. The number of tetrazole rings is 1. The molecule has 0 saturated heterocycles. The number of halogens is 1. The van der Waals surface area contributed by atoms with Gasteiger partial charge in [0.1, 0.15) is 24.6 Å². The maximum atomic E-state index is 12.6. The summed E-state index contributed by atoms with van der Waals surface area (Å²) in [7, 11) is 0. The van der Waals surface area contributed by atoms with E-state index in [4.69, 9.17) is 16.3 Å². The van der Waals surface area contributed by atoms with E-state index in [9.17, 15) is 9.59 Å². The number of fused-ring (bicyclic) bond motifs is 1. The molecule has 0 fully saturated rings. The molecule has 0 atom stereocenters. The number of hydrogen-bond donors (Lipinski definition) is 1. The molecule has 1 amide bonds. The van der Waals surface area contributed by atoms with Gasteiger partial charge in [0.2, 0.25) is 5.91 Å². The second-order valence-electron chi connectivity index (χ2n) is 6.31. The van der Waals surface area contributed by atoms with Crippen LogP contribution in [0.4, 0.5) is 5.69 Å². The minimum atomic E-state index is -0.599. The van der Waals surface area contributed by atoms with Crippen molar-refractivity contribution in [3.63, 3.8) is 0 Å². The first-order chi connectivity index (χ1) is 14.6. The maximum Gasteiger partial charge on any atom is 0.340 e. The van der Waals surface area contributed by atoms with Gasteiger partial charge in [-0.2, -0.15) is 0 Å². The van der Waals surface area contributed by atoms with E-state index in [1.54, 1.807) is 24.3 Å². The molecule has 150 valence electrons. The lowest BCUT2D eigenvalue weighted by Gasteiger charge is -2.11. The number of amides is 1. The summed E-state index contributed by atoms with van der Waals surface area (Å²) < 4.78 is 6.69. The van der Waals surface area contributed by atoms with Crippen LogP contribution in [0.15, 0.2) is 60.9 Å². The Labute approximate surface area is 175 Å². The SMILES string of the molecule is O=C(Cn1cnnn1)Nc1ccccc1C(=O)OCc1cc2ccccc2nc1Cl. The summed E-state index contributed by atoms with van der Waals surface area (Å²) in [5.41, 5.74) is 1.88. The van der Waals surface area contributed by atoms with Gasteiger partial charge in [-0.05, 0) is 34.7 Å². The van der Waals surface area contributed by atoms with Gasteiger partial charge in [-0.3, -0.25) is 4.79 Å². The number of carbonyl (C=O) groups excluding carboxylic acids is 2. The molecule has 30 heavy (non-hydrogen) atoms. The molecule has 0 bridgehead atoms. The van der Waals surface area contributed by atoms with Crippen molar-refractivity contribution in [3.8, 4) is 0 Å². The first-order valence-corrected chi connectivity index (χ1v) is 9.29. The van der Waals surface area contributed by atoms with Gasteiger partial charge in [0.05, 0.1) is 16.8 Å². The predicted molar refractivity (Wildman–Crippen MR) is 109 cm³/mol. The minimum Gasteiger partial charge on any atom is -0.457 e. The van der Waals surface area contributed by atoms with Gasteiger partial charge in [-0.1, -0.05) is 41.9 Å². The third kappa shape index (κ3) is 4.41. The van der Waals surface area contributed by atoms with Crippen LogP contribution in [0.5, 0.6) is 0 Å². The summed E-state index contributed by atoms with van der Waals surface area (Å²) in [6.07, 6.45) is 1.32. The highest BCUT2D eigenvalue weighted by Gasteiger charge is 2.16. The van der Waals surface area contributed by atoms with Crippen molar-refractivity contribution in [1.82, 2.24) is 25.2 Å². The molecule has 0 aliphatic heterocycles. The van der Waals surface area contributed by atoms with Crippen LogP contribution in [-0.4, -0.2) is 37.1 Å². The number of anilines is 1. The van der Waals surface area contributed by atoms with Crippen LogP contribution in [0.1, 0.15) is 15.9 Å². The van der Waals surface area contributed by atoms with E-state index in [2.05, 4.69) is 25.8 Å². The average molecular weight is 423 g/mol. The molecular formula is C20H15ClN6O3. The standard InChI is InChI=1S/C20H15ClN6O3/c21-19-14(9-13-5-1-3-7-16(13)24-19)11-30-20(29)15-6-2-4-8-17(15)23-18(28)10-27-12-22-25-26-27/h1-9,12H,10-11H2,(H,23,28). The molecule has 4 aromatic rings. The maximum absolute atomic E-state index is 12.6. The highest BCUT2D eigenvalue weighted by molar-refractivity contribution is 6.30. The van der Waals surface area contributed by atoms with Crippen LogP contribution in [0.2, 0.25) is 5.15 Å². The van der Waals surface area contributed by atoms with Gasteiger partial charge in [0.15, 0.2) is 0 Å². The Morgan fingerprint density at radius 1 is 1.10 bits per heavy atom. The lowest BCUT2D eigenvalue weighted by atomic mass is 10.1. The van der Waals surface area contributed by atoms with Crippen molar-refractivity contribution in [3.05, 3.63) is 77.2 Å². The van der Waals surface area contributed by atoms with Crippen molar-refractivity contribution in [2.75, 3.05) is 5.32 Å². The second-order valence-corrected chi connectivity index (χ2v) is 6.67. The first kappa shape index (κ1) is 19.5. The van der Waals surface area contributed by atoms with Gasteiger partial charge in [-0.25, -0.2) is 14.5 Å². The van der Waals surface area contributed by atoms with Crippen LogP contribution in [0.25, 0.3) is 10.9 Å². The second kappa shape index (κ2) is 8.66. The Kier molecular flexibility index (Phi) is 5.62. The summed E-state index contributed by atoms with van der Waals surface area (Å²) in [6, 6.07) is 15.9. The van der Waals surface area contributed by atoms with Crippen molar-refractivity contribution in [2.24, 2.45) is 0 Å². The Balaban J connectivity index is 1.46. The highest BCUT2D eigenvalue weighted by atomic mass is 35.5. The number of carbonyl (C=O) groups is 2. The molecular weight excluding hydrogens is 408 g/mol. The number of nitrogens with zero attached hydrogens (tertiary/aromatic N) is 5. The number of benzene rings is 2. The molecule has 10 heteroatoms. The monoisotopic (exact) mass is 422 g/mol. The third-order valence-electron chi connectivity index (χ3n) is 4.23. The number of nitrogens with one attached hydrogen (secondary N) is 1. The van der Waals surface area contributed by atoms with E-state index >= 15 is 0 Å². The first-order valence-electron chi connectivity index (χ1n) is 8.91. The fourth-order valence-electron chi connectivity index (χ4n) is 2.82. The van der Waals surface area contributed by atoms with Crippen molar-refractivity contribution >= 4 is 40.1 Å². The van der Waals surface area contributed by atoms with Gasteiger partial charge in [0, 0.05) is 10.9 Å². The number of para-hydroxylation sites is 2. The summed E-state index contributed by atoms with van der Waals surface area (Å²) in [5.74, 6) is -0.984. The molecule has 2 aromatic carbocycles. The van der Waals surface area contributed by atoms with Crippen LogP contribution in [-0.2, 0) is 22.7 Å². The van der Waals surface area contributed by atoms with E-state index in [0.29, 0.717) is 11.3 Å². The van der Waals surface area contributed by atoms with Crippen LogP contribution >= 0.6 is 11.6 Å². The normalized spacial score (nSPS) is 10.7. The molecule has 2 heterocycles. The zero-order valence-electron chi connectivity index (χ0n) is 15.5. The zero-order chi connectivity index (χ0) is 20.9. The number of esters is 1. The smallest absolute Gasteiger partial charge is 0.340 e. The highest BCUT2D eigenvalue weighted by Crippen LogP contribution is 2.22. The van der Waals surface area contributed by atoms with E-state index in [1.807, 2.05) is 30.3 Å². The molecule has 0 unspecified atom stereocenters. The summed E-state index contributed by atoms with van der Waals surface area (Å²) >= 11 is 6.22. The molecule has 9 nitrogen and oxygen atoms in total. The lowest BCUT2D eigenvalue weighted by Crippen LogP contribution is -2.21. The van der Waals surface area contributed by atoms with Crippen LogP contribution in [0.3, 0.4) is 0 Å². The number of ether oxygens (including phenoxy) is 1. The number of pyridine rings is 1. The topological polar surface area (TPSA) is 112 Å². The largest absolute Gasteiger partial charge is 0.457 e. The molecule has 0 spiro atoms. The molecule has 0 radical (unpaired) electrons. The van der Waals surface area contributed by atoms with Crippen LogP contribution in [0, 0.1) is 0 Å². The quantitative estimate of drug-likeness (QED) is 0.375. The minimum absolute atomic E-state index is 0.0532. The van der Waals surface area contributed by atoms with Gasteiger partial charge >= 0.3 is 5.97 Å². The average Bonchev–Trinajstić information content (AvgIpc) is 3.25. The zero-order valence-corrected chi connectivity index (χ0v) is 16.3. The Morgan fingerprint density at radius 3 is 2.73 bits per heavy atom. The molecule has 0 aliphatic rings. The van der Waals surface area contributed by atoms with E-state index in [0.717, 1.165) is 10.9 Å². The Morgan fingerprint density at radius 2 is 1.90 bits per heavy atom. The van der Waals surface area contributed by atoms with E-state index in [-0.39, 0.29) is 29.8 Å². The fraction of sp³-hybridized carbons (Fsp3) is 0.100. The van der Waals surface area contributed by atoms with Gasteiger partial charge in [-0.15, -0.1) is 5.10 Å². The number of hydrogen-bond acceptors (Lipinski definition) is 7. The van der Waals surface area contributed by atoms with Crippen LogP contribution < -0.4 is 5.32 Å². The Bertz CT molecular complexity index is 1210. The molecule has 4 rings (SSSR count). The predicted octanol–water partition coefficient (Wildman–Crippen LogP) is 2.87. The van der Waals surface area contributed by atoms with E-state index in [1.165, 1.54) is 11.0 Å². The fourth-order valence-corrected chi connectivity index (χ4v) is 3.02. The number of aromatic nitrogens is 5. The molecule has 2 aromatic heterocycles. The summed E-state index contributed by atoms with van der Waals surface area (Å²) in [4.78, 5) is 29.2. The lowest BCUT2D eigenvalue weighted by molar-refractivity contribution is -0.116. The van der Waals surface area contributed by atoms with Crippen molar-refractivity contribution in [2.45, 2.75) is 13.2 Å². The molecule has 0 saturated carbocycles. The summed E-state index contributed by atoms with van der Waals surface area (Å²) in [6.45, 7) is -0.142. The van der Waals surface area contributed by atoms with Crippen molar-refractivity contribution in [1.29, 1.82) is 0 Å². The van der Waals surface area contributed by atoms with Gasteiger partial charge < -0.3 is 10.1 Å². The number of rotatable bonds is 6. The Hall–Kier alpha value is -3.85. The van der Waals surface area contributed by atoms with E-state index < -0.39 is 5.97 Å². The van der Waals surface area contributed by atoms with Gasteiger partial charge in [0.25, 0.3) is 0 Å². The molecule has 0 aliphatic carbocycles.